The van der Waals surface area contributed by atoms with E-state index in [-0.39, 0.29) is 0 Å². The molecule has 118 valence electrons. The van der Waals surface area contributed by atoms with Crippen LogP contribution < -0.4 is 10.1 Å². The molecule has 0 radical (unpaired) electrons. The molecule has 1 N–H and O–H groups in total. The van der Waals surface area contributed by atoms with Crippen LogP contribution in [0, 0.1) is 13.8 Å². The van der Waals surface area contributed by atoms with Gasteiger partial charge in [-0.1, -0.05) is 6.07 Å². The first-order valence-corrected chi connectivity index (χ1v) is 8.17. The molecule has 1 saturated carbocycles. The molecule has 1 aliphatic carbocycles. The van der Waals surface area contributed by atoms with Crippen LogP contribution in [0.4, 0.5) is 0 Å². The molecule has 2 rings (SSSR count). The maximum absolute atomic E-state index is 5.92. The first kappa shape index (κ1) is 16.3. The summed E-state index contributed by atoms with van der Waals surface area (Å²) in [6.07, 6.45) is 5.18. The first-order chi connectivity index (χ1) is 10.1. The molecular formula is C18H30N2O. The van der Waals surface area contributed by atoms with E-state index in [9.17, 15) is 0 Å². The normalized spacial score (nSPS) is 22.5. The lowest BCUT2D eigenvalue weighted by Crippen LogP contribution is -2.41. The van der Waals surface area contributed by atoms with E-state index in [2.05, 4.69) is 56.4 Å². The van der Waals surface area contributed by atoms with Crippen LogP contribution in [-0.4, -0.2) is 44.2 Å². The van der Waals surface area contributed by atoms with Crippen molar-refractivity contribution in [2.45, 2.75) is 51.6 Å². The number of likely N-dealkylation sites (N-methyl/N-ethyl adjacent to an activating group) is 1. The second-order valence-corrected chi connectivity index (χ2v) is 6.45. The number of nitrogens with one attached hydrogen (secondary N) is 1. The summed E-state index contributed by atoms with van der Waals surface area (Å²) in [6.45, 7) is 6.01. The molecule has 0 atom stereocenters. The van der Waals surface area contributed by atoms with E-state index < -0.39 is 0 Å². The summed E-state index contributed by atoms with van der Waals surface area (Å²) in [5.74, 6) is 1.000. The molecule has 0 aliphatic heterocycles. The van der Waals surface area contributed by atoms with Crippen molar-refractivity contribution in [2.24, 2.45) is 0 Å². The molecule has 1 aliphatic rings. The molecule has 1 aromatic rings. The van der Waals surface area contributed by atoms with Gasteiger partial charge in [0.05, 0.1) is 0 Å². The lowest BCUT2D eigenvalue weighted by molar-refractivity contribution is 0.150. The van der Waals surface area contributed by atoms with Gasteiger partial charge in [-0.3, -0.25) is 0 Å². The van der Waals surface area contributed by atoms with Crippen molar-refractivity contribution in [2.75, 3.05) is 27.2 Å². The zero-order chi connectivity index (χ0) is 15.2. The Morgan fingerprint density at radius 3 is 2.29 bits per heavy atom. The summed E-state index contributed by atoms with van der Waals surface area (Å²) in [5, 5.41) is 3.40. The number of aryl methyl sites for hydroxylation is 2. The molecule has 3 nitrogen and oxygen atoms in total. The molecule has 1 aromatic carbocycles. The molecule has 3 heteroatoms. The van der Waals surface area contributed by atoms with Crippen molar-refractivity contribution in [1.29, 1.82) is 0 Å². The van der Waals surface area contributed by atoms with Crippen LogP contribution >= 0.6 is 0 Å². The zero-order valence-corrected chi connectivity index (χ0v) is 14.0. The van der Waals surface area contributed by atoms with Crippen molar-refractivity contribution in [3.63, 3.8) is 0 Å². The van der Waals surface area contributed by atoms with Crippen molar-refractivity contribution in [3.05, 3.63) is 29.3 Å². The Hall–Kier alpha value is -1.06. The summed E-state index contributed by atoms with van der Waals surface area (Å²) in [5.41, 5.74) is 2.53. The van der Waals surface area contributed by atoms with Gasteiger partial charge < -0.3 is 15.0 Å². The van der Waals surface area contributed by atoms with Crippen molar-refractivity contribution < 1.29 is 4.74 Å². The molecule has 0 saturated heterocycles. The van der Waals surface area contributed by atoms with Gasteiger partial charge in [0.15, 0.2) is 0 Å². The van der Waals surface area contributed by atoms with Gasteiger partial charge in [0, 0.05) is 18.6 Å². The van der Waals surface area contributed by atoms with Gasteiger partial charge in [0.2, 0.25) is 0 Å². The van der Waals surface area contributed by atoms with Gasteiger partial charge in [0.25, 0.3) is 0 Å². The fourth-order valence-corrected chi connectivity index (χ4v) is 3.31. The van der Waals surface area contributed by atoms with Gasteiger partial charge in [0.1, 0.15) is 12.4 Å². The number of rotatable bonds is 6. The number of benzene rings is 1. The van der Waals surface area contributed by atoms with Gasteiger partial charge in [-0.05, 0) is 76.9 Å². The summed E-state index contributed by atoms with van der Waals surface area (Å²) in [7, 11) is 4.31. The monoisotopic (exact) mass is 290 g/mol. The molecule has 0 aromatic heterocycles. The highest BCUT2D eigenvalue weighted by Crippen LogP contribution is 2.22. The third kappa shape index (κ3) is 5.01. The smallest absolute Gasteiger partial charge is 0.119 e. The second kappa shape index (κ2) is 7.81. The van der Waals surface area contributed by atoms with E-state index in [1.54, 1.807) is 0 Å². The number of hydrogen-bond acceptors (Lipinski definition) is 3. The summed E-state index contributed by atoms with van der Waals surface area (Å²) in [6, 6.07) is 7.86. The molecule has 21 heavy (non-hydrogen) atoms. The number of ether oxygens (including phenoxy) is 1. The van der Waals surface area contributed by atoms with Crippen LogP contribution in [0.15, 0.2) is 18.2 Å². The van der Waals surface area contributed by atoms with E-state index >= 15 is 0 Å². The summed E-state index contributed by atoms with van der Waals surface area (Å²) in [4.78, 5) is 2.47. The minimum Gasteiger partial charge on any atom is -0.492 e. The van der Waals surface area contributed by atoms with E-state index in [0.717, 1.165) is 31.0 Å². The summed E-state index contributed by atoms with van der Waals surface area (Å²) < 4.78 is 5.92. The molecule has 0 spiro atoms. The van der Waals surface area contributed by atoms with Crippen molar-refractivity contribution in [3.8, 4) is 5.75 Å². The maximum Gasteiger partial charge on any atom is 0.119 e. The lowest BCUT2D eigenvalue weighted by atomic mass is 9.90. The van der Waals surface area contributed by atoms with Gasteiger partial charge in [-0.2, -0.15) is 0 Å². The van der Waals surface area contributed by atoms with E-state index in [1.807, 2.05) is 0 Å². The van der Waals surface area contributed by atoms with Crippen LogP contribution in [0.3, 0.4) is 0 Å². The highest BCUT2D eigenvalue weighted by Gasteiger charge is 2.22. The highest BCUT2D eigenvalue weighted by molar-refractivity contribution is 5.32. The third-order valence-corrected chi connectivity index (χ3v) is 4.64. The Kier molecular flexibility index (Phi) is 6.07. The van der Waals surface area contributed by atoms with E-state index in [4.69, 9.17) is 4.74 Å². The van der Waals surface area contributed by atoms with Crippen molar-refractivity contribution in [1.82, 2.24) is 10.2 Å². The van der Waals surface area contributed by atoms with E-state index in [0.29, 0.717) is 0 Å². The molecule has 1 fully saturated rings. The molecule has 0 unspecified atom stereocenters. The SMILES string of the molecule is CNC1CCC(N(C)CCOc2cc(C)cc(C)c2)CC1. The third-order valence-electron chi connectivity index (χ3n) is 4.64. The quantitative estimate of drug-likeness (QED) is 0.871. The highest BCUT2D eigenvalue weighted by atomic mass is 16.5. The largest absolute Gasteiger partial charge is 0.492 e. The molecule has 0 heterocycles. The Morgan fingerprint density at radius 2 is 1.71 bits per heavy atom. The topological polar surface area (TPSA) is 24.5 Å². The summed E-state index contributed by atoms with van der Waals surface area (Å²) >= 11 is 0. The lowest BCUT2D eigenvalue weighted by Gasteiger charge is -2.34. The number of nitrogens with zero attached hydrogens (tertiary/aromatic N) is 1. The van der Waals surface area contributed by atoms with Crippen molar-refractivity contribution >= 4 is 0 Å². The average molecular weight is 290 g/mol. The average Bonchev–Trinajstić information content (AvgIpc) is 2.46. The van der Waals surface area contributed by atoms with Crippen LogP contribution in [0.25, 0.3) is 0 Å². The van der Waals surface area contributed by atoms with Crippen LogP contribution in [0.2, 0.25) is 0 Å². The Balaban J connectivity index is 1.73. The van der Waals surface area contributed by atoms with Gasteiger partial charge in [-0.25, -0.2) is 0 Å². The number of hydrogen-bond donors (Lipinski definition) is 1. The van der Waals surface area contributed by atoms with Crippen LogP contribution in [0.1, 0.15) is 36.8 Å². The predicted molar refractivity (Wildman–Crippen MR) is 89.1 cm³/mol. The maximum atomic E-state index is 5.92. The molecule has 0 amide bonds. The Morgan fingerprint density at radius 1 is 1.10 bits per heavy atom. The Bertz CT molecular complexity index is 419. The van der Waals surface area contributed by atoms with Crippen LogP contribution in [-0.2, 0) is 0 Å². The fraction of sp³-hybridized carbons (Fsp3) is 0.667. The Labute approximate surface area is 129 Å². The van der Waals surface area contributed by atoms with E-state index in [1.165, 1.54) is 36.8 Å². The minimum atomic E-state index is 0.720. The molecular weight excluding hydrogens is 260 g/mol. The van der Waals surface area contributed by atoms with Crippen LogP contribution in [0.5, 0.6) is 5.75 Å². The molecule has 0 bridgehead atoms. The first-order valence-electron chi connectivity index (χ1n) is 8.17. The van der Waals surface area contributed by atoms with Gasteiger partial charge in [-0.15, -0.1) is 0 Å². The fourth-order valence-electron chi connectivity index (χ4n) is 3.31. The zero-order valence-electron chi connectivity index (χ0n) is 14.0. The predicted octanol–water partition coefficient (Wildman–Crippen LogP) is 3.14. The standard InChI is InChI=1S/C18H30N2O/c1-14-11-15(2)13-18(12-14)21-10-9-20(4)17-7-5-16(19-3)6-8-17/h11-13,16-17,19H,5-10H2,1-4H3. The second-order valence-electron chi connectivity index (χ2n) is 6.45. The van der Waals surface area contributed by atoms with Gasteiger partial charge >= 0.3 is 0 Å². The minimum absolute atomic E-state index is 0.720.